The number of benzene rings is 1. The van der Waals surface area contributed by atoms with Gasteiger partial charge < -0.3 is 9.80 Å². The Hall–Kier alpha value is -1.92. The normalized spacial score (nSPS) is 31.3. The molecule has 4 atom stereocenters. The Morgan fingerprint density at radius 3 is 2.63 bits per heavy atom. The lowest BCUT2D eigenvalue weighted by Crippen LogP contribution is -2.53. The number of amides is 2. The molecule has 1 aromatic carbocycles. The second-order valence-electron chi connectivity index (χ2n) is 8.13. The van der Waals surface area contributed by atoms with E-state index in [-0.39, 0.29) is 17.9 Å². The lowest BCUT2D eigenvalue weighted by atomic mass is 9.81. The molecule has 3 heterocycles. The van der Waals surface area contributed by atoms with Crippen molar-refractivity contribution < 1.29 is 9.59 Å². The van der Waals surface area contributed by atoms with Crippen LogP contribution in [0.1, 0.15) is 44.1 Å². The number of carbonyl (C=O) groups is 2. The molecule has 3 aliphatic heterocycles. The van der Waals surface area contributed by atoms with Crippen molar-refractivity contribution in [1.29, 1.82) is 0 Å². The van der Waals surface area contributed by atoms with Crippen LogP contribution in [0.2, 0.25) is 0 Å². The maximum Gasteiger partial charge on any atom is 0.245 e. The summed E-state index contributed by atoms with van der Waals surface area (Å²) in [5, 5.41) is 0. The highest BCUT2D eigenvalue weighted by molar-refractivity contribution is 5.87. The maximum atomic E-state index is 13.1. The average molecular weight is 370 g/mol. The van der Waals surface area contributed by atoms with E-state index in [2.05, 4.69) is 41.2 Å². The van der Waals surface area contributed by atoms with Crippen LogP contribution in [-0.2, 0) is 9.59 Å². The molecular formula is C21H30N4O2. The van der Waals surface area contributed by atoms with Gasteiger partial charge in [0, 0.05) is 45.1 Å². The molecule has 3 unspecified atom stereocenters. The number of hydrogen-bond acceptors (Lipinski definition) is 4. The molecule has 0 saturated carbocycles. The molecule has 3 aliphatic rings. The number of nitrogens with zero attached hydrogens (tertiary/aromatic N) is 2. The van der Waals surface area contributed by atoms with E-state index in [4.69, 9.17) is 0 Å². The van der Waals surface area contributed by atoms with E-state index in [9.17, 15) is 9.59 Å². The summed E-state index contributed by atoms with van der Waals surface area (Å²) >= 11 is 0. The first-order chi connectivity index (χ1) is 13.1. The lowest BCUT2D eigenvalue weighted by Gasteiger charge is -2.39. The van der Waals surface area contributed by atoms with E-state index in [1.165, 1.54) is 5.56 Å². The fraction of sp³-hybridized carbons (Fsp3) is 0.619. The number of carbonyl (C=O) groups excluding carboxylic acids is 2. The molecule has 0 aromatic heterocycles. The third kappa shape index (κ3) is 3.73. The summed E-state index contributed by atoms with van der Waals surface area (Å²) in [6.45, 7) is 4.80. The van der Waals surface area contributed by atoms with Crippen molar-refractivity contribution in [3.63, 3.8) is 0 Å². The molecule has 0 bridgehead atoms. The van der Waals surface area contributed by atoms with Crippen LogP contribution in [0.15, 0.2) is 30.3 Å². The van der Waals surface area contributed by atoms with E-state index in [0.717, 1.165) is 45.3 Å². The van der Waals surface area contributed by atoms with Crippen molar-refractivity contribution in [3.8, 4) is 0 Å². The Morgan fingerprint density at radius 1 is 1.07 bits per heavy atom. The van der Waals surface area contributed by atoms with E-state index in [1.54, 1.807) is 11.8 Å². The van der Waals surface area contributed by atoms with Gasteiger partial charge in [0.1, 0.15) is 6.04 Å². The van der Waals surface area contributed by atoms with Crippen LogP contribution in [0.25, 0.3) is 0 Å². The van der Waals surface area contributed by atoms with Gasteiger partial charge in [0.2, 0.25) is 11.8 Å². The minimum Gasteiger partial charge on any atom is -0.341 e. The zero-order valence-electron chi connectivity index (χ0n) is 16.1. The number of rotatable bonds is 3. The Labute approximate surface area is 161 Å². The number of likely N-dealkylation sites (tertiary alicyclic amines) is 2. The molecule has 4 rings (SSSR count). The smallest absolute Gasteiger partial charge is 0.245 e. The van der Waals surface area contributed by atoms with Crippen molar-refractivity contribution in [2.75, 3.05) is 26.2 Å². The molecule has 2 N–H and O–H groups in total. The molecule has 0 aliphatic carbocycles. The highest BCUT2D eigenvalue weighted by Gasteiger charge is 2.40. The number of piperidine rings is 1. The van der Waals surface area contributed by atoms with E-state index in [0.29, 0.717) is 24.4 Å². The van der Waals surface area contributed by atoms with Crippen LogP contribution < -0.4 is 10.9 Å². The number of hydrogen-bond donors (Lipinski definition) is 2. The van der Waals surface area contributed by atoms with E-state index >= 15 is 0 Å². The predicted octanol–water partition coefficient (Wildman–Crippen LogP) is 1.50. The Kier molecular flexibility index (Phi) is 5.45. The monoisotopic (exact) mass is 370 g/mol. The van der Waals surface area contributed by atoms with Gasteiger partial charge in [-0.25, -0.2) is 0 Å². The summed E-state index contributed by atoms with van der Waals surface area (Å²) in [7, 11) is 0. The van der Waals surface area contributed by atoms with Gasteiger partial charge in [-0.3, -0.25) is 20.4 Å². The Balaban J connectivity index is 1.45. The van der Waals surface area contributed by atoms with Gasteiger partial charge in [0.05, 0.1) is 0 Å². The zero-order valence-corrected chi connectivity index (χ0v) is 16.1. The molecule has 146 valence electrons. The van der Waals surface area contributed by atoms with Gasteiger partial charge in [-0.15, -0.1) is 0 Å². The fourth-order valence-corrected chi connectivity index (χ4v) is 5.10. The quantitative estimate of drug-likeness (QED) is 0.846. The first-order valence-electron chi connectivity index (χ1n) is 10.2. The SMILES string of the molecule is CC(=O)N1CCC[C@H]1C(=O)N1CCCC(C2NNCC2c2ccccc2)C1. The molecule has 2 amide bonds. The second kappa shape index (κ2) is 7.98. The van der Waals surface area contributed by atoms with Crippen molar-refractivity contribution >= 4 is 11.8 Å². The average Bonchev–Trinajstić information content (AvgIpc) is 3.38. The standard InChI is InChI=1S/C21H30N4O2/c1-15(26)25-12-6-10-19(25)21(27)24-11-5-9-17(14-24)20-18(13-22-23-20)16-7-3-2-4-8-16/h2-4,7-8,17-20,22-23H,5-6,9-14H2,1H3/t17?,18?,19-,20?/m0/s1. The summed E-state index contributed by atoms with van der Waals surface area (Å²) in [6.07, 6.45) is 3.89. The topological polar surface area (TPSA) is 64.7 Å². The number of nitrogens with one attached hydrogen (secondary N) is 2. The maximum absolute atomic E-state index is 13.1. The highest BCUT2D eigenvalue weighted by atomic mass is 16.2. The molecule has 6 heteroatoms. The predicted molar refractivity (Wildman–Crippen MR) is 104 cm³/mol. The van der Waals surface area contributed by atoms with Crippen LogP contribution in [0.3, 0.4) is 0 Å². The van der Waals surface area contributed by atoms with Gasteiger partial charge in [-0.05, 0) is 37.2 Å². The molecule has 27 heavy (non-hydrogen) atoms. The summed E-state index contributed by atoms with van der Waals surface area (Å²) in [6, 6.07) is 10.7. The first-order valence-corrected chi connectivity index (χ1v) is 10.2. The van der Waals surface area contributed by atoms with Crippen molar-refractivity contribution in [2.24, 2.45) is 5.92 Å². The first kappa shape index (κ1) is 18.4. The lowest BCUT2D eigenvalue weighted by molar-refractivity contribution is -0.144. The molecule has 0 radical (unpaired) electrons. The Bertz CT molecular complexity index is 680. The molecule has 3 saturated heterocycles. The highest BCUT2D eigenvalue weighted by Crippen LogP contribution is 2.32. The summed E-state index contributed by atoms with van der Waals surface area (Å²) in [5.74, 6) is 1.02. The third-order valence-electron chi connectivity index (χ3n) is 6.47. The van der Waals surface area contributed by atoms with Gasteiger partial charge in [-0.2, -0.15) is 0 Å². The van der Waals surface area contributed by atoms with Crippen molar-refractivity contribution in [2.45, 2.75) is 50.6 Å². The van der Waals surface area contributed by atoms with Crippen LogP contribution in [-0.4, -0.2) is 59.9 Å². The summed E-state index contributed by atoms with van der Waals surface area (Å²) in [4.78, 5) is 28.8. The van der Waals surface area contributed by atoms with Gasteiger partial charge in [0.25, 0.3) is 0 Å². The minimum absolute atomic E-state index is 0.0187. The van der Waals surface area contributed by atoms with Crippen LogP contribution in [0, 0.1) is 5.92 Å². The van der Waals surface area contributed by atoms with Gasteiger partial charge in [0.15, 0.2) is 0 Å². The minimum atomic E-state index is -0.249. The van der Waals surface area contributed by atoms with Crippen LogP contribution in [0.4, 0.5) is 0 Å². The van der Waals surface area contributed by atoms with Gasteiger partial charge in [-0.1, -0.05) is 30.3 Å². The third-order valence-corrected chi connectivity index (χ3v) is 6.47. The molecule has 1 aromatic rings. The summed E-state index contributed by atoms with van der Waals surface area (Å²) in [5.41, 5.74) is 8.16. The van der Waals surface area contributed by atoms with Crippen LogP contribution in [0.5, 0.6) is 0 Å². The largest absolute Gasteiger partial charge is 0.341 e. The second-order valence-corrected chi connectivity index (χ2v) is 8.13. The number of hydrazine groups is 1. The summed E-state index contributed by atoms with van der Waals surface area (Å²) < 4.78 is 0. The van der Waals surface area contributed by atoms with Crippen molar-refractivity contribution in [1.82, 2.24) is 20.7 Å². The van der Waals surface area contributed by atoms with Crippen LogP contribution >= 0.6 is 0 Å². The molecule has 6 nitrogen and oxygen atoms in total. The van der Waals surface area contributed by atoms with Gasteiger partial charge >= 0.3 is 0 Å². The zero-order chi connectivity index (χ0) is 18.8. The Morgan fingerprint density at radius 2 is 1.85 bits per heavy atom. The molecule has 3 fully saturated rings. The molecular weight excluding hydrogens is 340 g/mol. The molecule has 0 spiro atoms. The van der Waals surface area contributed by atoms with E-state index in [1.807, 2.05) is 4.90 Å². The van der Waals surface area contributed by atoms with Crippen molar-refractivity contribution in [3.05, 3.63) is 35.9 Å². The fourth-order valence-electron chi connectivity index (χ4n) is 5.10. The van der Waals surface area contributed by atoms with E-state index < -0.39 is 0 Å².